The lowest BCUT2D eigenvalue weighted by atomic mass is 10.1. The van der Waals surface area contributed by atoms with Crippen LogP contribution in [-0.2, 0) is 9.53 Å². The van der Waals surface area contributed by atoms with Gasteiger partial charge in [-0.1, -0.05) is 54.6 Å². The molecule has 5 heteroatoms. The molecule has 1 N–H and O–H groups in total. The number of carbonyl (C=O) groups excluding carboxylic acids is 3. The Morgan fingerprint density at radius 3 is 2.28 bits per heavy atom. The lowest BCUT2D eigenvalue weighted by Crippen LogP contribution is -2.26. The molecule has 146 valence electrons. The minimum absolute atomic E-state index is 0.260. The van der Waals surface area contributed by atoms with E-state index in [1.165, 1.54) is 24.3 Å². The lowest BCUT2D eigenvalue weighted by molar-refractivity contribution is -0.125. The van der Waals surface area contributed by atoms with Gasteiger partial charge in [0.05, 0.1) is 5.56 Å². The van der Waals surface area contributed by atoms with Crippen LogP contribution >= 0.6 is 0 Å². The maximum Gasteiger partial charge on any atom is 0.339 e. The van der Waals surface area contributed by atoms with Crippen LogP contribution in [0.25, 0.3) is 0 Å². The summed E-state index contributed by atoms with van der Waals surface area (Å²) in [5.74, 6) is -1.09. The van der Waals surface area contributed by atoms with Crippen molar-refractivity contribution in [1.82, 2.24) is 0 Å². The molecular formula is C24H21NO4. The van der Waals surface area contributed by atoms with E-state index in [9.17, 15) is 14.4 Å². The summed E-state index contributed by atoms with van der Waals surface area (Å²) in [5, 5.41) is 2.86. The molecule has 0 aliphatic heterocycles. The second-order valence-corrected chi connectivity index (χ2v) is 6.74. The number of hydrogen-bond donors (Lipinski definition) is 1. The number of nitrogens with one attached hydrogen (secondary N) is 1. The first-order chi connectivity index (χ1) is 14.0. The highest BCUT2D eigenvalue weighted by atomic mass is 16.5. The predicted octanol–water partition coefficient (Wildman–Crippen LogP) is 4.65. The Hall–Kier alpha value is -3.73. The van der Waals surface area contributed by atoms with E-state index in [2.05, 4.69) is 5.32 Å². The van der Waals surface area contributed by atoms with Crippen LogP contribution in [0, 0.1) is 13.8 Å². The van der Waals surface area contributed by atoms with E-state index in [1.54, 1.807) is 24.3 Å². The molecule has 3 aromatic carbocycles. The number of hydrogen-bond acceptors (Lipinski definition) is 4. The zero-order valence-electron chi connectivity index (χ0n) is 16.2. The molecule has 0 aliphatic carbocycles. The Balaban J connectivity index is 1.86. The molecular weight excluding hydrogens is 366 g/mol. The van der Waals surface area contributed by atoms with E-state index < -0.39 is 18.0 Å². The number of rotatable bonds is 6. The van der Waals surface area contributed by atoms with Gasteiger partial charge in [0.2, 0.25) is 6.10 Å². The van der Waals surface area contributed by atoms with Crippen molar-refractivity contribution in [3.63, 3.8) is 0 Å². The molecule has 29 heavy (non-hydrogen) atoms. The average Bonchev–Trinajstić information content (AvgIpc) is 2.75. The number of aryl methyl sites for hydroxylation is 2. The second-order valence-electron chi connectivity index (χ2n) is 6.74. The van der Waals surface area contributed by atoms with E-state index in [4.69, 9.17) is 4.74 Å². The number of carbonyl (C=O) groups is 3. The summed E-state index contributed by atoms with van der Waals surface area (Å²) in [7, 11) is 0. The van der Waals surface area contributed by atoms with Crippen LogP contribution in [0.15, 0.2) is 72.8 Å². The number of anilines is 1. The van der Waals surface area contributed by atoms with Crippen molar-refractivity contribution in [2.75, 3.05) is 5.32 Å². The summed E-state index contributed by atoms with van der Waals surface area (Å²) in [5.41, 5.74) is 3.86. The summed E-state index contributed by atoms with van der Waals surface area (Å²) in [6, 6.07) is 20.6. The fourth-order valence-corrected chi connectivity index (χ4v) is 2.84. The van der Waals surface area contributed by atoms with Crippen LogP contribution in [-0.4, -0.2) is 18.2 Å². The molecule has 0 bridgehead atoms. The van der Waals surface area contributed by atoms with Crippen LogP contribution in [0.5, 0.6) is 0 Å². The summed E-state index contributed by atoms with van der Waals surface area (Å²) in [6.07, 6.45) is -0.422. The highest BCUT2D eigenvalue weighted by Crippen LogP contribution is 2.24. The molecule has 3 rings (SSSR count). The second kappa shape index (κ2) is 8.97. The largest absolute Gasteiger partial charge is 0.444 e. The molecule has 0 radical (unpaired) electrons. The molecule has 0 aliphatic rings. The molecule has 0 saturated heterocycles. The van der Waals surface area contributed by atoms with Gasteiger partial charge in [0.1, 0.15) is 6.29 Å². The van der Waals surface area contributed by atoms with Crippen molar-refractivity contribution in [2.24, 2.45) is 0 Å². The third-order valence-electron chi connectivity index (χ3n) is 4.50. The third kappa shape index (κ3) is 4.96. The predicted molar refractivity (Wildman–Crippen MR) is 111 cm³/mol. The Labute approximate surface area is 169 Å². The zero-order chi connectivity index (χ0) is 20.8. The fraction of sp³-hybridized carbons (Fsp3) is 0.125. The smallest absolute Gasteiger partial charge is 0.339 e. The first-order valence-electron chi connectivity index (χ1n) is 9.17. The lowest BCUT2D eigenvalue weighted by Gasteiger charge is -2.19. The normalized spacial score (nSPS) is 11.4. The van der Waals surface area contributed by atoms with Crippen LogP contribution in [0.4, 0.5) is 5.69 Å². The number of aldehydes is 1. The topological polar surface area (TPSA) is 72.5 Å². The number of benzene rings is 3. The van der Waals surface area contributed by atoms with Gasteiger partial charge < -0.3 is 10.1 Å². The van der Waals surface area contributed by atoms with E-state index in [-0.39, 0.29) is 5.56 Å². The van der Waals surface area contributed by atoms with Gasteiger partial charge in [-0.05, 0) is 43.2 Å². The molecule has 1 atom stereocenters. The summed E-state index contributed by atoms with van der Waals surface area (Å²) in [6.45, 7) is 3.83. The van der Waals surface area contributed by atoms with E-state index in [1.807, 2.05) is 38.1 Å². The molecule has 3 aromatic rings. The Bertz CT molecular complexity index is 1030. The van der Waals surface area contributed by atoms with Crippen LogP contribution < -0.4 is 5.32 Å². The summed E-state index contributed by atoms with van der Waals surface area (Å²) >= 11 is 0. The molecule has 0 heterocycles. The van der Waals surface area contributed by atoms with Gasteiger partial charge in [0.25, 0.3) is 5.91 Å². The zero-order valence-corrected chi connectivity index (χ0v) is 16.2. The van der Waals surface area contributed by atoms with Gasteiger partial charge in [0, 0.05) is 16.8 Å². The highest BCUT2D eigenvalue weighted by Gasteiger charge is 2.26. The van der Waals surface area contributed by atoms with Gasteiger partial charge in [0.15, 0.2) is 0 Å². The summed E-state index contributed by atoms with van der Waals surface area (Å²) < 4.78 is 5.56. The van der Waals surface area contributed by atoms with E-state index in [0.717, 1.165) is 11.1 Å². The van der Waals surface area contributed by atoms with Gasteiger partial charge in [-0.25, -0.2) is 4.79 Å². The quantitative estimate of drug-likeness (QED) is 0.493. The van der Waals surface area contributed by atoms with Crippen molar-refractivity contribution < 1.29 is 19.1 Å². The maximum atomic E-state index is 13.0. The van der Waals surface area contributed by atoms with Gasteiger partial charge in [-0.2, -0.15) is 0 Å². The van der Waals surface area contributed by atoms with Crippen LogP contribution in [0.1, 0.15) is 43.5 Å². The minimum Gasteiger partial charge on any atom is -0.444 e. The van der Waals surface area contributed by atoms with Crippen molar-refractivity contribution in [3.05, 3.63) is 101 Å². The molecule has 0 aromatic heterocycles. The molecule has 1 amide bonds. The third-order valence-corrected chi connectivity index (χ3v) is 4.50. The number of esters is 1. The van der Waals surface area contributed by atoms with Crippen LogP contribution in [0.2, 0.25) is 0 Å². The molecule has 0 unspecified atom stereocenters. The molecule has 0 saturated carbocycles. The van der Waals surface area contributed by atoms with Crippen molar-refractivity contribution in [3.8, 4) is 0 Å². The van der Waals surface area contributed by atoms with Crippen molar-refractivity contribution >= 4 is 23.9 Å². The van der Waals surface area contributed by atoms with Crippen molar-refractivity contribution in [1.29, 1.82) is 0 Å². The van der Waals surface area contributed by atoms with Crippen LogP contribution in [0.3, 0.4) is 0 Å². The molecule has 0 fully saturated rings. The first-order valence-corrected chi connectivity index (χ1v) is 9.17. The Morgan fingerprint density at radius 2 is 1.62 bits per heavy atom. The SMILES string of the molecule is Cc1ccc(C)c(NC(=O)[C@@H](OC(=O)c2ccc(C=O)cc2)c2ccccc2)c1. The monoisotopic (exact) mass is 387 g/mol. The maximum absolute atomic E-state index is 13.0. The summed E-state index contributed by atoms with van der Waals surface area (Å²) in [4.78, 5) is 36.4. The van der Waals surface area contributed by atoms with Crippen molar-refractivity contribution in [2.45, 2.75) is 20.0 Å². The fourth-order valence-electron chi connectivity index (χ4n) is 2.84. The van der Waals surface area contributed by atoms with E-state index in [0.29, 0.717) is 23.1 Å². The molecule has 5 nitrogen and oxygen atoms in total. The number of ether oxygens (including phenoxy) is 1. The number of amides is 1. The first kappa shape index (κ1) is 20.0. The Morgan fingerprint density at radius 1 is 0.931 bits per heavy atom. The van der Waals surface area contributed by atoms with E-state index >= 15 is 0 Å². The van der Waals surface area contributed by atoms with Gasteiger partial charge in [-0.3, -0.25) is 9.59 Å². The molecule has 0 spiro atoms. The highest BCUT2D eigenvalue weighted by molar-refractivity contribution is 5.98. The van der Waals surface area contributed by atoms with Gasteiger partial charge >= 0.3 is 5.97 Å². The van der Waals surface area contributed by atoms with Gasteiger partial charge in [-0.15, -0.1) is 0 Å². The Kier molecular flexibility index (Phi) is 6.19. The average molecular weight is 387 g/mol. The minimum atomic E-state index is -1.12. The standard InChI is InChI=1S/C24H21NO4/c1-16-8-9-17(2)21(14-16)25-23(27)22(19-6-4-3-5-7-19)29-24(28)20-12-10-18(15-26)11-13-20/h3-15,22H,1-2H3,(H,25,27)/t22-/m0/s1.